The number of aryl methyl sites for hydroxylation is 1. The highest BCUT2D eigenvalue weighted by Crippen LogP contribution is 2.27. The molecule has 164 valence electrons. The molecule has 1 fully saturated rings. The maximum atomic E-state index is 13.3. The maximum absolute atomic E-state index is 13.3. The number of nitrogens with zero attached hydrogens (tertiary/aromatic N) is 6. The lowest BCUT2D eigenvalue weighted by molar-refractivity contribution is -0.0463. The van der Waals surface area contributed by atoms with E-state index >= 15 is 0 Å². The second-order valence-corrected chi connectivity index (χ2v) is 7.38. The van der Waals surface area contributed by atoms with Gasteiger partial charge < -0.3 is 14.9 Å². The normalized spacial score (nSPS) is 21.0. The molecule has 4 rings (SSSR count). The van der Waals surface area contributed by atoms with Crippen molar-refractivity contribution in [1.82, 2.24) is 29.1 Å². The van der Waals surface area contributed by atoms with Gasteiger partial charge in [-0.3, -0.25) is 18.9 Å². The summed E-state index contributed by atoms with van der Waals surface area (Å²) in [4.78, 5) is 29.6. The number of halogens is 1. The van der Waals surface area contributed by atoms with Crippen molar-refractivity contribution in [2.75, 3.05) is 6.61 Å². The third kappa shape index (κ3) is 4.31. The van der Waals surface area contributed by atoms with Crippen LogP contribution in [-0.4, -0.2) is 58.1 Å². The molecule has 3 aromatic rings. The van der Waals surface area contributed by atoms with Crippen molar-refractivity contribution in [3.8, 4) is 0 Å². The Morgan fingerprint density at radius 3 is 2.77 bits per heavy atom. The van der Waals surface area contributed by atoms with Crippen LogP contribution in [0.15, 0.2) is 40.3 Å². The van der Waals surface area contributed by atoms with E-state index in [1.807, 2.05) is 0 Å². The Hall–Kier alpha value is -3.22. The standard InChI is InChI=1S/C19H21FN6O5/c1-11-6-25(17-5-15(28)16(10-27)31-17)19(30)26(18(11)29)9-14-8-24(23-22-14)7-13-4-12(20)2-3-21-13/h2-4,6,8,15-17,27-28H,5,7,9-10H2,1H3/t15-,16-,17-/m1/s1. The molecule has 2 N–H and O–H groups in total. The SMILES string of the molecule is Cc1cn([C@H]2C[C@@H](O)[C@@H](CO)O2)c(=O)n(Cc2cn(Cc3cc(F)ccn3)nn2)c1=O. The van der Waals surface area contributed by atoms with Gasteiger partial charge in [0, 0.05) is 24.4 Å². The summed E-state index contributed by atoms with van der Waals surface area (Å²) < 4.78 is 22.5. The van der Waals surface area contributed by atoms with Gasteiger partial charge in [0.25, 0.3) is 5.56 Å². The summed E-state index contributed by atoms with van der Waals surface area (Å²) in [7, 11) is 0. The predicted molar refractivity (Wildman–Crippen MR) is 104 cm³/mol. The molecule has 3 aromatic heterocycles. The molecule has 11 nitrogen and oxygen atoms in total. The number of ether oxygens (including phenoxy) is 1. The Bertz CT molecular complexity index is 1200. The molecule has 0 amide bonds. The van der Waals surface area contributed by atoms with E-state index in [0.29, 0.717) is 17.0 Å². The lowest BCUT2D eigenvalue weighted by atomic mass is 10.2. The van der Waals surface area contributed by atoms with Crippen LogP contribution in [0, 0.1) is 12.7 Å². The molecule has 0 spiro atoms. The number of aliphatic hydroxyl groups excluding tert-OH is 2. The first-order chi connectivity index (χ1) is 14.9. The number of pyridine rings is 1. The Balaban J connectivity index is 1.59. The van der Waals surface area contributed by atoms with E-state index in [1.54, 1.807) is 13.1 Å². The van der Waals surface area contributed by atoms with Gasteiger partial charge in [0.1, 0.15) is 23.8 Å². The average molecular weight is 432 g/mol. The Labute approximate surface area is 175 Å². The summed E-state index contributed by atoms with van der Waals surface area (Å²) in [6, 6.07) is 2.52. The summed E-state index contributed by atoms with van der Waals surface area (Å²) >= 11 is 0. The first-order valence-corrected chi connectivity index (χ1v) is 9.62. The number of aromatic nitrogens is 6. The fourth-order valence-electron chi connectivity index (χ4n) is 3.51. The van der Waals surface area contributed by atoms with Crippen molar-refractivity contribution in [2.45, 2.75) is 44.9 Å². The fraction of sp³-hybridized carbons (Fsp3) is 0.421. The highest BCUT2D eigenvalue weighted by molar-refractivity contribution is 5.08. The summed E-state index contributed by atoms with van der Waals surface area (Å²) in [5.74, 6) is -0.417. The minimum Gasteiger partial charge on any atom is -0.394 e. The number of rotatable bonds is 6. The van der Waals surface area contributed by atoms with E-state index in [9.17, 15) is 24.2 Å². The summed E-state index contributed by atoms with van der Waals surface area (Å²) in [6.07, 6.45) is 1.86. The second-order valence-electron chi connectivity index (χ2n) is 7.38. The summed E-state index contributed by atoms with van der Waals surface area (Å²) in [6.45, 7) is 1.23. The van der Waals surface area contributed by atoms with E-state index in [1.165, 1.54) is 33.8 Å². The Kier molecular flexibility index (Phi) is 5.76. The van der Waals surface area contributed by atoms with E-state index in [-0.39, 0.29) is 26.1 Å². The molecular formula is C19H21FN6O5. The molecule has 0 bridgehead atoms. The minimum absolute atomic E-state index is 0.111. The molecule has 0 saturated carbocycles. The highest BCUT2D eigenvalue weighted by atomic mass is 19.1. The molecule has 4 heterocycles. The summed E-state index contributed by atoms with van der Waals surface area (Å²) in [5, 5.41) is 27.2. The van der Waals surface area contributed by atoms with Crippen LogP contribution in [0.5, 0.6) is 0 Å². The summed E-state index contributed by atoms with van der Waals surface area (Å²) in [5.41, 5.74) is -0.00986. The van der Waals surface area contributed by atoms with E-state index in [0.717, 1.165) is 4.57 Å². The van der Waals surface area contributed by atoms with Crippen LogP contribution in [0.1, 0.15) is 29.6 Å². The monoisotopic (exact) mass is 432 g/mol. The van der Waals surface area contributed by atoms with E-state index in [2.05, 4.69) is 15.3 Å². The van der Waals surface area contributed by atoms with Gasteiger partial charge in [-0.15, -0.1) is 5.10 Å². The van der Waals surface area contributed by atoms with Crippen LogP contribution in [0.2, 0.25) is 0 Å². The molecule has 3 atom stereocenters. The molecule has 31 heavy (non-hydrogen) atoms. The number of aliphatic hydroxyl groups is 2. The van der Waals surface area contributed by atoms with Gasteiger partial charge in [-0.1, -0.05) is 5.21 Å². The van der Waals surface area contributed by atoms with Crippen molar-refractivity contribution >= 4 is 0 Å². The lowest BCUT2D eigenvalue weighted by Gasteiger charge is -2.17. The molecule has 0 aliphatic carbocycles. The third-order valence-electron chi connectivity index (χ3n) is 5.07. The van der Waals surface area contributed by atoms with Crippen molar-refractivity contribution in [3.05, 3.63) is 74.3 Å². The quantitative estimate of drug-likeness (QED) is 0.516. The van der Waals surface area contributed by atoms with Crippen LogP contribution in [0.25, 0.3) is 0 Å². The predicted octanol–water partition coefficient (Wildman–Crippen LogP) is -0.819. The topological polar surface area (TPSA) is 137 Å². The molecule has 1 aliphatic rings. The van der Waals surface area contributed by atoms with Gasteiger partial charge in [0.15, 0.2) is 0 Å². The average Bonchev–Trinajstić information content (AvgIpc) is 3.33. The van der Waals surface area contributed by atoms with Gasteiger partial charge in [-0.25, -0.2) is 13.9 Å². The fourth-order valence-corrected chi connectivity index (χ4v) is 3.51. The van der Waals surface area contributed by atoms with Crippen LogP contribution in [0.4, 0.5) is 4.39 Å². The van der Waals surface area contributed by atoms with Gasteiger partial charge >= 0.3 is 5.69 Å². The molecule has 0 aromatic carbocycles. The van der Waals surface area contributed by atoms with Crippen molar-refractivity contribution < 1.29 is 19.3 Å². The van der Waals surface area contributed by atoms with Crippen molar-refractivity contribution in [1.29, 1.82) is 0 Å². The first-order valence-electron chi connectivity index (χ1n) is 9.62. The van der Waals surface area contributed by atoms with Gasteiger partial charge in [-0.05, 0) is 19.1 Å². The van der Waals surface area contributed by atoms with Gasteiger partial charge in [-0.2, -0.15) is 0 Å². The molecular weight excluding hydrogens is 411 g/mol. The van der Waals surface area contributed by atoms with E-state index in [4.69, 9.17) is 4.74 Å². The van der Waals surface area contributed by atoms with Crippen LogP contribution >= 0.6 is 0 Å². The molecule has 1 saturated heterocycles. The maximum Gasteiger partial charge on any atom is 0.333 e. The van der Waals surface area contributed by atoms with Gasteiger partial charge in [0.05, 0.1) is 37.7 Å². The van der Waals surface area contributed by atoms with Gasteiger partial charge in [0.2, 0.25) is 0 Å². The molecule has 1 aliphatic heterocycles. The highest BCUT2D eigenvalue weighted by Gasteiger charge is 2.35. The van der Waals surface area contributed by atoms with Crippen molar-refractivity contribution in [3.63, 3.8) is 0 Å². The Morgan fingerprint density at radius 1 is 1.26 bits per heavy atom. The van der Waals surface area contributed by atoms with Crippen LogP contribution in [-0.2, 0) is 17.8 Å². The van der Waals surface area contributed by atoms with Crippen LogP contribution < -0.4 is 11.2 Å². The largest absolute Gasteiger partial charge is 0.394 e. The number of hydrogen-bond acceptors (Lipinski definition) is 8. The lowest BCUT2D eigenvalue weighted by Crippen LogP contribution is -2.42. The zero-order valence-corrected chi connectivity index (χ0v) is 16.6. The van der Waals surface area contributed by atoms with E-state index < -0.39 is 35.5 Å². The van der Waals surface area contributed by atoms with Crippen LogP contribution in [0.3, 0.4) is 0 Å². The minimum atomic E-state index is -0.918. The zero-order chi connectivity index (χ0) is 22.1. The Morgan fingerprint density at radius 2 is 2.06 bits per heavy atom. The zero-order valence-electron chi connectivity index (χ0n) is 16.6. The first kappa shape index (κ1) is 21.0. The van der Waals surface area contributed by atoms with Crippen molar-refractivity contribution in [2.24, 2.45) is 0 Å². The molecule has 0 radical (unpaired) electrons. The second kappa shape index (κ2) is 8.49. The molecule has 0 unspecified atom stereocenters. The number of hydrogen-bond donors (Lipinski definition) is 2. The smallest absolute Gasteiger partial charge is 0.333 e. The third-order valence-corrected chi connectivity index (χ3v) is 5.07. The molecule has 12 heteroatoms.